The zero-order valence-corrected chi connectivity index (χ0v) is 7.64. The molecule has 0 fully saturated rings. The average Bonchev–Trinajstić information content (AvgIpc) is 2.26. The summed E-state index contributed by atoms with van der Waals surface area (Å²) in [6.45, 7) is 0. The van der Waals surface area contributed by atoms with Crippen LogP contribution in [0.4, 0.5) is 0 Å². The van der Waals surface area contributed by atoms with Crippen LogP contribution in [0.25, 0.3) is 0 Å². The van der Waals surface area contributed by atoms with E-state index in [9.17, 15) is 4.79 Å². The van der Waals surface area contributed by atoms with Crippen molar-refractivity contribution in [2.45, 2.75) is 0 Å². The number of pyridine rings is 1. The lowest BCUT2D eigenvalue weighted by Gasteiger charge is -2.02. The van der Waals surface area contributed by atoms with Crippen molar-refractivity contribution in [2.75, 3.05) is 14.1 Å². The normalized spacial score (nSPS) is 20.4. The van der Waals surface area contributed by atoms with Gasteiger partial charge in [0, 0.05) is 10.5 Å². The van der Waals surface area contributed by atoms with Crippen LogP contribution in [0.3, 0.4) is 0 Å². The van der Waals surface area contributed by atoms with Gasteiger partial charge < -0.3 is 9.47 Å². The summed E-state index contributed by atoms with van der Waals surface area (Å²) in [5, 5.41) is 0. The first-order chi connectivity index (χ1) is 9.32. The minimum atomic E-state index is -3.05. The highest BCUT2D eigenvalue weighted by Gasteiger charge is 2.09. The molecular weight excluding hydrogens is 238 g/mol. The molecule has 1 heterocycles. The Kier molecular flexibility index (Phi) is 1.16. The number of hydrogen-bond donors (Lipinski definition) is 0. The van der Waals surface area contributed by atoms with Gasteiger partial charge in [-0.2, -0.15) is 0 Å². The highest BCUT2D eigenvalue weighted by molar-refractivity contribution is 9.10. The zero-order chi connectivity index (χ0) is 16.6. The van der Waals surface area contributed by atoms with Crippen LogP contribution >= 0.6 is 15.9 Å². The van der Waals surface area contributed by atoms with E-state index < -0.39 is 43.7 Å². The summed E-state index contributed by atoms with van der Waals surface area (Å²) in [4.78, 5) is 15.0. The third-order valence-electron chi connectivity index (χ3n) is 1.04. The van der Waals surface area contributed by atoms with Crippen molar-refractivity contribution >= 4 is 21.9 Å². The molecule has 0 N–H and O–H groups in total. The number of esters is 1. The lowest BCUT2D eigenvalue weighted by atomic mass is 10.3. The van der Waals surface area contributed by atoms with E-state index in [0.717, 1.165) is 0 Å². The lowest BCUT2D eigenvalue weighted by molar-refractivity contribution is 0.0593. The Morgan fingerprint density at radius 3 is 3.23 bits per heavy atom. The Morgan fingerprint density at radius 1 is 1.69 bits per heavy atom. The Labute approximate surface area is 95.2 Å². The maximum Gasteiger partial charge on any atom is 0.356 e. The van der Waals surface area contributed by atoms with Gasteiger partial charge in [0.2, 0.25) is 5.88 Å². The van der Waals surface area contributed by atoms with Crippen LogP contribution in [0, 0.1) is 0 Å². The minimum Gasteiger partial charge on any atom is -0.481 e. The molecule has 1 aromatic rings. The van der Waals surface area contributed by atoms with Crippen LogP contribution in [0.2, 0.25) is 0 Å². The number of nitrogens with zero attached hydrogens (tertiary/aromatic N) is 1. The SMILES string of the molecule is [2H]c1c(OC([2H])([2H])[2H])nc(C(=O)OC([2H])([2H])[2H])c([2H])c1Br. The summed E-state index contributed by atoms with van der Waals surface area (Å²) in [6.07, 6.45) is 0. The van der Waals surface area contributed by atoms with Gasteiger partial charge in [0.15, 0.2) is 5.69 Å². The Balaban J connectivity index is 3.31. The highest BCUT2D eigenvalue weighted by atomic mass is 79.9. The summed E-state index contributed by atoms with van der Waals surface area (Å²) in [5.41, 5.74) is -0.784. The van der Waals surface area contributed by atoms with Gasteiger partial charge >= 0.3 is 5.97 Å². The first-order valence-corrected chi connectivity index (χ1v) is 3.70. The van der Waals surface area contributed by atoms with Crippen LogP contribution in [-0.2, 0) is 4.74 Å². The molecule has 0 radical (unpaired) electrons. The third-order valence-corrected chi connectivity index (χ3v) is 1.44. The summed E-state index contributed by atoms with van der Waals surface area (Å²) >= 11 is 2.81. The number of aromatic nitrogens is 1. The number of halogens is 1. The van der Waals surface area contributed by atoms with E-state index in [-0.39, 0.29) is 4.47 Å². The van der Waals surface area contributed by atoms with Crippen molar-refractivity contribution in [3.05, 3.63) is 22.3 Å². The van der Waals surface area contributed by atoms with Gasteiger partial charge in [-0.15, -0.1) is 0 Å². The topological polar surface area (TPSA) is 48.4 Å². The Bertz CT molecular complexity index is 570. The molecule has 0 bridgehead atoms. The monoisotopic (exact) mass is 253 g/mol. The summed E-state index contributed by atoms with van der Waals surface area (Å²) in [6, 6.07) is -1.19. The fourth-order valence-electron chi connectivity index (χ4n) is 0.580. The Hall–Kier alpha value is -1.10. The number of rotatable bonds is 2. The van der Waals surface area contributed by atoms with Crippen LogP contribution in [-0.4, -0.2) is 25.0 Å². The fourth-order valence-corrected chi connectivity index (χ4v) is 0.937. The molecule has 0 aliphatic heterocycles. The van der Waals surface area contributed by atoms with E-state index in [4.69, 9.17) is 11.0 Å². The standard InChI is InChI=1S/C8H8BrNO3/c1-12-7-4-5(9)3-6(10-7)8(11)13-2/h3-4H,1-2H3/i1D3,2D3,3D,4D. The molecule has 1 rings (SSSR count). The quantitative estimate of drug-likeness (QED) is 0.753. The number of carbonyl (C=O) groups excluding carboxylic acids is 1. The number of methoxy groups -OCH3 is 2. The molecule has 0 aromatic carbocycles. The molecule has 0 spiro atoms. The predicted octanol–water partition coefficient (Wildman–Crippen LogP) is 1.64. The molecule has 0 atom stereocenters. The molecule has 0 aliphatic carbocycles. The van der Waals surface area contributed by atoms with E-state index >= 15 is 0 Å². The Morgan fingerprint density at radius 2 is 2.54 bits per heavy atom. The zero-order valence-electron chi connectivity index (χ0n) is 14.0. The van der Waals surface area contributed by atoms with E-state index in [0.29, 0.717) is 0 Å². The van der Waals surface area contributed by atoms with Gasteiger partial charge in [-0.3, -0.25) is 0 Å². The van der Waals surface area contributed by atoms with Gasteiger partial charge in [-0.1, -0.05) is 15.9 Å². The van der Waals surface area contributed by atoms with Crippen molar-refractivity contribution in [3.8, 4) is 5.88 Å². The van der Waals surface area contributed by atoms with E-state index in [1.807, 2.05) is 0 Å². The third kappa shape index (κ3) is 2.42. The first-order valence-electron chi connectivity index (χ1n) is 6.91. The fraction of sp³-hybridized carbons (Fsp3) is 0.250. The molecular formula is C8H8BrNO3. The van der Waals surface area contributed by atoms with Crippen molar-refractivity contribution in [1.82, 2.24) is 4.98 Å². The molecule has 1 aromatic heterocycles. The van der Waals surface area contributed by atoms with Crippen LogP contribution < -0.4 is 4.74 Å². The number of ether oxygens (including phenoxy) is 2. The van der Waals surface area contributed by atoms with Gasteiger partial charge in [0.05, 0.1) is 25.0 Å². The molecule has 0 amide bonds. The van der Waals surface area contributed by atoms with E-state index in [1.165, 1.54) is 0 Å². The van der Waals surface area contributed by atoms with Crippen LogP contribution in [0.1, 0.15) is 21.5 Å². The predicted molar refractivity (Wildman–Crippen MR) is 49.8 cm³/mol. The smallest absolute Gasteiger partial charge is 0.356 e. The van der Waals surface area contributed by atoms with Crippen LogP contribution in [0.15, 0.2) is 16.6 Å². The second kappa shape index (κ2) is 4.23. The molecule has 0 unspecified atom stereocenters. The molecule has 4 nitrogen and oxygen atoms in total. The summed E-state index contributed by atoms with van der Waals surface area (Å²) in [7, 11) is -5.99. The largest absolute Gasteiger partial charge is 0.481 e. The number of hydrogen-bond acceptors (Lipinski definition) is 4. The van der Waals surface area contributed by atoms with Crippen molar-refractivity contribution < 1.29 is 25.2 Å². The maximum absolute atomic E-state index is 11.6. The molecule has 0 aliphatic rings. The highest BCUT2D eigenvalue weighted by Crippen LogP contribution is 2.17. The summed E-state index contributed by atoms with van der Waals surface area (Å²) in [5.74, 6) is -2.22. The van der Waals surface area contributed by atoms with Crippen LogP contribution in [0.5, 0.6) is 5.88 Å². The van der Waals surface area contributed by atoms with Crippen molar-refractivity contribution in [2.24, 2.45) is 0 Å². The van der Waals surface area contributed by atoms with Gasteiger partial charge in [0.25, 0.3) is 0 Å². The van der Waals surface area contributed by atoms with Gasteiger partial charge in [0.1, 0.15) is 0 Å². The maximum atomic E-state index is 11.6. The van der Waals surface area contributed by atoms with E-state index in [1.54, 1.807) is 0 Å². The second-order valence-electron chi connectivity index (χ2n) is 1.82. The lowest BCUT2D eigenvalue weighted by Crippen LogP contribution is -2.05. The van der Waals surface area contributed by atoms with Gasteiger partial charge in [-0.05, 0) is 6.04 Å². The average molecular weight is 254 g/mol. The molecule has 0 saturated heterocycles. The molecule has 70 valence electrons. The minimum absolute atomic E-state index is 0.283. The summed E-state index contributed by atoms with van der Waals surface area (Å²) < 4.78 is 64.6. The number of carbonyl (C=O) groups is 1. The van der Waals surface area contributed by atoms with Crippen molar-refractivity contribution in [1.29, 1.82) is 0 Å². The second-order valence-corrected chi connectivity index (χ2v) is 2.61. The molecule has 0 saturated carbocycles. The first kappa shape index (κ1) is 3.57. The van der Waals surface area contributed by atoms with Crippen molar-refractivity contribution in [3.63, 3.8) is 0 Å². The van der Waals surface area contributed by atoms with E-state index in [2.05, 4.69) is 30.4 Å². The molecule has 13 heavy (non-hydrogen) atoms. The molecule has 5 heteroatoms. The van der Waals surface area contributed by atoms with Gasteiger partial charge in [-0.25, -0.2) is 9.78 Å².